The number of halogens is 1. The molecule has 192 valence electrons. The van der Waals surface area contributed by atoms with Crippen LogP contribution in [0.5, 0.6) is 11.5 Å². The van der Waals surface area contributed by atoms with Crippen LogP contribution in [0, 0.1) is 0 Å². The van der Waals surface area contributed by atoms with Gasteiger partial charge in [-0.1, -0.05) is 37.6 Å². The summed E-state index contributed by atoms with van der Waals surface area (Å²) in [4.78, 5) is 41.3. The van der Waals surface area contributed by atoms with Crippen molar-refractivity contribution >= 4 is 35.0 Å². The van der Waals surface area contributed by atoms with E-state index in [-0.39, 0.29) is 11.3 Å². The first-order valence-electron chi connectivity index (χ1n) is 11.9. The van der Waals surface area contributed by atoms with Crippen LogP contribution < -0.4 is 9.47 Å². The van der Waals surface area contributed by atoms with E-state index in [0.29, 0.717) is 47.3 Å². The molecule has 1 heterocycles. The summed E-state index contributed by atoms with van der Waals surface area (Å²) in [6.07, 6.45) is 0. The fourth-order valence-corrected chi connectivity index (χ4v) is 4.37. The first-order valence-corrected chi connectivity index (χ1v) is 12.3. The van der Waals surface area contributed by atoms with Gasteiger partial charge in [-0.3, -0.25) is 14.4 Å². The third kappa shape index (κ3) is 5.88. The van der Waals surface area contributed by atoms with Crippen molar-refractivity contribution in [3.8, 4) is 11.5 Å². The van der Waals surface area contributed by atoms with E-state index in [4.69, 9.17) is 21.1 Å². The number of likely N-dealkylation sites (N-methyl/N-ethyl adjacent to an activating group) is 1. The molecule has 0 spiro atoms. The van der Waals surface area contributed by atoms with Crippen LogP contribution in [0.15, 0.2) is 48.0 Å². The molecule has 1 fully saturated rings. The smallest absolute Gasteiger partial charge is 0.308 e. The molecule has 9 heteroatoms. The van der Waals surface area contributed by atoms with E-state index in [2.05, 4.69) is 4.90 Å². The van der Waals surface area contributed by atoms with E-state index in [1.54, 1.807) is 42.5 Å². The van der Waals surface area contributed by atoms with Gasteiger partial charge in [-0.05, 0) is 55.9 Å². The third-order valence-corrected chi connectivity index (χ3v) is 6.37. The molecule has 2 aromatic carbocycles. The minimum Gasteiger partial charge on any atom is -0.507 e. The average molecular weight is 515 g/mol. The van der Waals surface area contributed by atoms with Crippen LogP contribution in [0.3, 0.4) is 0 Å². The van der Waals surface area contributed by atoms with Crippen LogP contribution in [-0.4, -0.2) is 65.4 Å². The van der Waals surface area contributed by atoms with Gasteiger partial charge >= 0.3 is 5.97 Å². The predicted octanol–water partition coefficient (Wildman–Crippen LogP) is 4.43. The summed E-state index contributed by atoms with van der Waals surface area (Å²) in [5.74, 6) is -1.52. The highest BCUT2D eigenvalue weighted by Gasteiger charge is 2.46. The molecule has 0 bridgehead atoms. The SMILES string of the molecule is CCOc1cc(/C(O)=C2/C(=O)C(=O)N(CCN(CC)CC)C2c2ccc(OC(C)=O)cc2)ccc1Cl. The lowest BCUT2D eigenvalue weighted by atomic mass is 9.95. The summed E-state index contributed by atoms with van der Waals surface area (Å²) in [5, 5.41) is 11.7. The van der Waals surface area contributed by atoms with Gasteiger partial charge < -0.3 is 24.4 Å². The predicted molar refractivity (Wildman–Crippen MR) is 137 cm³/mol. The van der Waals surface area contributed by atoms with E-state index in [1.165, 1.54) is 11.8 Å². The Kier molecular flexibility index (Phi) is 9.12. The molecule has 0 aromatic heterocycles. The normalized spacial score (nSPS) is 17.1. The van der Waals surface area contributed by atoms with Gasteiger partial charge in [0.1, 0.15) is 17.3 Å². The Hall–Kier alpha value is -3.36. The van der Waals surface area contributed by atoms with Crippen LogP contribution in [0.4, 0.5) is 0 Å². The molecule has 8 nitrogen and oxygen atoms in total. The van der Waals surface area contributed by atoms with Crippen molar-refractivity contribution < 1.29 is 29.0 Å². The Balaban J connectivity index is 2.11. The Morgan fingerprint density at radius 2 is 1.75 bits per heavy atom. The maximum atomic E-state index is 13.2. The summed E-state index contributed by atoms with van der Waals surface area (Å²) in [6, 6.07) is 10.4. The molecule has 1 amide bonds. The van der Waals surface area contributed by atoms with Crippen molar-refractivity contribution in [3.05, 3.63) is 64.2 Å². The highest BCUT2D eigenvalue weighted by Crippen LogP contribution is 2.40. The molecule has 1 aliphatic rings. The first-order chi connectivity index (χ1) is 17.2. The number of aliphatic hydroxyl groups excluding tert-OH is 1. The van der Waals surface area contributed by atoms with Crippen molar-refractivity contribution in [2.75, 3.05) is 32.8 Å². The van der Waals surface area contributed by atoms with Gasteiger partial charge in [0.15, 0.2) is 0 Å². The molecular weight excluding hydrogens is 484 g/mol. The zero-order valence-corrected chi connectivity index (χ0v) is 21.7. The van der Waals surface area contributed by atoms with Crippen molar-refractivity contribution in [2.24, 2.45) is 0 Å². The molecule has 2 aromatic rings. The zero-order valence-electron chi connectivity index (χ0n) is 20.9. The molecule has 1 unspecified atom stereocenters. The summed E-state index contributed by atoms with van der Waals surface area (Å²) in [7, 11) is 0. The second-order valence-electron chi connectivity index (χ2n) is 8.26. The van der Waals surface area contributed by atoms with E-state index in [1.807, 2.05) is 20.8 Å². The highest BCUT2D eigenvalue weighted by molar-refractivity contribution is 6.46. The molecular formula is C27H31ClN2O6. The maximum Gasteiger partial charge on any atom is 0.308 e. The number of amides is 1. The molecule has 0 saturated carbocycles. The van der Waals surface area contributed by atoms with Gasteiger partial charge in [0.05, 0.1) is 23.2 Å². The van der Waals surface area contributed by atoms with Crippen LogP contribution in [0.1, 0.15) is 44.9 Å². The standard InChI is InChI=1S/C27H31ClN2O6/c1-5-29(6-2)14-15-30-24(18-8-11-20(12-9-18)36-17(4)31)23(26(33)27(30)34)25(32)19-10-13-21(28)22(16-19)35-7-3/h8-13,16,24,32H,5-7,14-15H2,1-4H3/b25-23-. The van der Waals surface area contributed by atoms with Gasteiger partial charge in [-0.25, -0.2) is 0 Å². The van der Waals surface area contributed by atoms with Crippen molar-refractivity contribution in [3.63, 3.8) is 0 Å². The molecule has 0 aliphatic carbocycles. The second kappa shape index (κ2) is 12.1. The fourth-order valence-electron chi connectivity index (χ4n) is 4.20. The molecule has 1 atom stereocenters. The number of likely N-dealkylation sites (tertiary alicyclic amines) is 1. The number of esters is 1. The van der Waals surface area contributed by atoms with Crippen LogP contribution in [0.25, 0.3) is 5.76 Å². The Morgan fingerprint density at radius 3 is 2.33 bits per heavy atom. The largest absolute Gasteiger partial charge is 0.507 e. The maximum absolute atomic E-state index is 13.2. The Labute approximate surface area is 216 Å². The number of Topliss-reactive ketones (excluding diaryl/α,β-unsaturated/α-hetero) is 1. The average Bonchev–Trinajstić information content (AvgIpc) is 3.11. The number of carbonyl (C=O) groups excluding carboxylic acids is 3. The second-order valence-corrected chi connectivity index (χ2v) is 8.67. The summed E-state index contributed by atoms with van der Waals surface area (Å²) < 4.78 is 10.6. The van der Waals surface area contributed by atoms with E-state index in [0.717, 1.165) is 13.1 Å². The number of hydrogen-bond donors (Lipinski definition) is 1. The van der Waals surface area contributed by atoms with Gasteiger partial charge in [0.2, 0.25) is 0 Å². The minimum atomic E-state index is -0.821. The monoisotopic (exact) mass is 514 g/mol. The summed E-state index contributed by atoms with van der Waals surface area (Å²) in [6.45, 7) is 10.00. The van der Waals surface area contributed by atoms with Gasteiger partial charge in [0.25, 0.3) is 11.7 Å². The molecule has 1 aliphatic heterocycles. The lowest BCUT2D eigenvalue weighted by Crippen LogP contribution is -2.38. The van der Waals surface area contributed by atoms with E-state index >= 15 is 0 Å². The Bertz CT molecular complexity index is 1160. The number of nitrogens with zero attached hydrogens (tertiary/aromatic N) is 2. The van der Waals surface area contributed by atoms with Crippen molar-refractivity contribution in [1.29, 1.82) is 0 Å². The molecule has 3 rings (SSSR count). The number of rotatable bonds is 10. The highest BCUT2D eigenvalue weighted by atomic mass is 35.5. The number of carbonyl (C=O) groups is 3. The lowest BCUT2D eigenvalue weighted by molar-refractivity contribution is -0.140. The minimum absolute atomic E-state index is 0.0236. The van der Waals surface area contributed by atoms with Crippen molar-refractivity contribution in [2.45, 2.75) is 33.7 Å². The number of ketones is 1. The zero-order chi connectivity index (χ0) is 26.4. The number of ether oxygens (including phenoxy) is 2. The molecule has 0 radical (unpaired) electrons. The molecule has 36 heavy (non-hydrogen) atoms. The van der Waals surface area contributed by atoms with Crippen LogP contribution >= 0.6 is 11.6 Å². The third-order valence-electron chi connectivity index (χ3n) is 6.05. The number of benzene rings is 2. The summed E-state index contributed by atoms with van der Waals surface area (Å²) in [5.41, 5.74) is 0.890. The van der Waals surface area contributed by atoms with E-state index < -0.39 is 23.7 Å². The number of hydrogen-bond acceptors (Lipinski definition) is 7. The quantitative estimate of drug-likeness (QED) is 0.165. The summed E-state index contributed by atoms with van der Waals surface area (Å²) >= 11 is 6.20. The molecule has 1 saturated heterocycles. The number of aliphatic hydroxyl groups is 1. The van der Waals surface area contributed by atoms with Gasteiger partial charge in [-0.15, -0.1) is 0 Å². The van der Waals surface area contributed by atoms with Crippen molar-refractivity contribution in [1.82, 2.24) is 9.80 Å². The lowest BCUT2D eigenvalue weighted by Gasteiger charge is -2.28. The fraction of sp³-hybridized carbons (Fsp3) is 0.370. The van der Waals surface area contributed by atoms with Crippen LogP contribution in [-0.2, 0) is 14.4 Å². The van der Waals surface area contributed by atoms with Gasteiger partial charge in [-0.2, -0.15) is 0 Å². The van der Waals surface area contributed by atoms with Crippen LogP contribution in [0.2, 0.25) is 5.02 Å². The first kappa shape index (κ1) is 27.2. The van der Waals surface area contributed by atoms with E-state index in [9.17, 15) is 19.5 Å². The topological polar surface area (TPSA) is 96.4 Å². The Morgan fingerprint density at radius 1 is 1.08 bits per heavy atom. The molecule has 1 N–H and O–H groups in total. The van der Waals surface area contributed by atoms with Gasteiger partial charge in [0, 0.05) is 25.6 Å².